The largest absolute Gasteiger partial charge is 0.512 e. The molecule has 6 nitrogen and oxygen atoms in total. The first-order chi connectivity index (χ1) is 9.52. The Morgan fingerprint density at radius 3 is 2.90 bits per heavy atom. The number of hydrogen-bond acceptors (Lipinski definition) is 6. The monoisotopic (exact) mass is 274 g/mol. The van der Waals surface area contributed by atoms with Crippen molar-refractivity contribution in [3.63, 3.8) is 0 Å². The first-order valence-electron chi connectivity index (χ1n) is 5.91. The number of aliphatic hydroxyl groups excluding tert-OH is 1. The van der Waals surface area contributed by atoms with Crippen molar-refractivity contribution in [2.24, 2.45) is 4.99 Å². The Kier molecular flexibility index (Phi) is 3.84. The van der Waals surface area contributed by atoms with E-state index in [-0.39, 0.29) is 11.3 Å². The molecule has 0 aliphatic carbocycles. The van der Waals surface area contributed by atoms with Crippen molar-refractivity contribution < 1.29 is 19.2 Å². The van der Waals surface area contributed by atoms with Crippen LogP contribution in [0.1, 0.15) is 12.5 Å². The fourth-order valence-electron chi connectivity index (χ4n) is 1.66. The zero-order chi connectivity index (χ0) is 14.7. The van der Waals surface area contributed by atoms with E-state index in [1.54, 1.807) is 6.07 Å². The first-order valence-corrected chi connectivity index (χ1v) is 5.91. The Morgan fingerprint density at radius 2 is 2.25 bits per heavy atom. The van der Waals surface area contributed by atoms with Gasteiger partial charge in [0.05, 0.1) is 12.5 Å². The van der Waals surface area contributed by atoms with Crippen molar-refractivity contribution in [1.82, 2.24) is 5.16 Å². The van der Waals surface area contributed by atoms with Gasteiger partial charge in [-0.05, 0) is 26.0 Å². The van der Waals surface area contributed by atoms with Gasteiger partial charge in [-0.1, -0.05) is 16.8 Å². The number of fused-ring (bicyclic) bond motifs is 1. The maximum absolute atomic E-state index is 11.5. The lowest BCUT2D eigenvalue weighted by Gasteiger charge is -1.99. The number of carbonyl (C=O) groups excluding carboxylic acids is 1. The zero-order valence-electron chi connectivity index (χ0n) is 11.4. The molecule has 0 fully saturated rings. The number of aliphatic hydroxyl groups is 1. The van der Waals surface area contributed by atoms with Crippen LogP contribution < -0.4 is 0 Å². The topological polar surface area (TPSA) is 84.9 Å². The molecule has 0 spiro atoms. The van der Waals surface area contributed by atoms with Gasteiger partial charge in [-0.15, -0.1) is 0 Å². The molecule has 0 bridgehead atoms. The molecular weight excluding hydrogens is 260 g/mol. The Balaban J connectivity index is 2.41. The zero-order valence-corrected chi connectivity index (χ0v) is 11.4. The smallest absolute Gasteiger partial charge is 0.342 e. The van der Waals surface area contributed by atoms with E-state index in [9.17, 15) is 9.90 Å². The highest BCUT2D eigenvalue weighted by Gasteiger charge is 2.12. The van der Waals surface area contributed by atoms with E-state index >= 15 is 0 Å². The van der Waals surface area contributed by atoms with E-state index in [0.717, 1.165) is 10.9 Å². The lowest BCUT2D eigenvalue weighted by atomic mass is 10.2. The van der Waals surface area contributed by atoms with Crippen molar-refractivity contribution >= 4 is 29.0 Å². The van der Waals surface area contributed by atoms with Gasteiger partial charge < -0.3 is 14.4 Å². The number of allylic oxidation sites excluding steroid dienone is 1. The van der Waals surface area contributed by atoms with Crippen molar-refractivity contribution in [3.8, 4) is 0 Å². The second kappa shape index (κ2) is 5.56. The number of nitrogens with zero attached hydrogens (tertiary/aromatic N) is 2. The summed E-state index contributed by atoms with van der Waals surface area (Å²) in [6.07, 6.45) is 1.21. The molecular formula is C14H14N2O4. The molecule has 20 heavy (non-hydrogen) atoms. The van der Waals surface area contributed by atoms with Crippen LogP contribution in [0.25, 0.3) is 11.0 Å². The molecule has 104 valence electrons. The SMILES string of the molecule is COC(=O)/C(C=Nc1noc2ccc(C)cc12)=C(/C)O. The second-order valence-electron chi connectivity index (χ2n) is 4.25. The highest BCUT2D eigenvalue weighted by atomic mass is 16.5. The molecule has 0 atom stereocenters. The fourth-order valence-corrected chi connectivity index (χ4v) is 1.66. The van der Waals surface area contributed by atoms with E-state index in [1.807, 2.05) is 19.1 Å². The maximum Gasteiger partial charge on any atom is 0.342 e. The van der Waals surface area contributed by atoms with Crippen molar-refractivity contribution in [3.05, 3.63) is 35.1 Å². The molecule has 0 aliphatic rings. The fraction of sp³-hybridized carbons (Fsp3) is 0.214. The second-order valence-corrected chi connectivity index (χ2v) is 4.25. The summed E-state index contributed by atoms with van der Waals surface area (Å²) in [4.78, 5) is 15.5. The minimum absolute atomic E-state index is 0.0312. The van der Waals surface area contributed by atoms with Gasteiger partial charge in [0.2, 0.25) is 5.82 Å². The average Bonchev–Trinajstić information content (AvgIpc) is 2.80. The molecule has 0 aliphatic heterocycles. The van der Waals surface area contributed by atoms with Crippen LogP contribution in [0.4, 0.5) is 5.82 Å². The number of ether oxygens (including phenoxy) is 1. The van der Waals surface area contributed by atoms with E-state index in [1.165, 1.54) is 20.2 Å². The number of carbonyl (C=O) groups is 1. The minimum Gasteiger partial charge on any atom is -0.512 e. The highest BCUT2D eigenvalue weighted by molar-refractivity contribution is 6.10. The van der Waals surface area contributed by atoms with E-state index in [0.29, 0.717) is 11.4 Å². The summed E-state index contributed by atoms with van der Waals surface area (Å²) < 4.78 is 9.68. The van der Waals surface area contributed by atoms with Crippen LogP contribution in [-0.2, 0) is 9.53 Å². The number of aryl methyl sites for hydroxylation is 1. The third kappa shape index (κ3) is 2.69. The molecule has 0 amide bonds. The van der Waals surface area contributed by atoms with Crippen LogP contribution in [0.2, 0.25) is 0 Å². The number of esters is 1. The quantitative estimate of drug-likeness (QED) is 0.402. The summed E-state index contributed by atoms with van der Waals surface area (Å²) in [5.41, 5.74) is 1.61. The van der Waals surface area contributed by atoms with Crippen LogP contribution in [0, 0.1) is 6.92 Å². The average molecular weight is 274 g/mol. The van der Waals surface area contributed by atoms with E-state index in [2.05, 4.69) is 14.9 Å². The van der Waals surface area contributed by atoms with E-state index < -0.39 is 5.97 Å². The number of rotatable bonds is 3. The van der Waals surface area contributed by atoms with Crippen molar-refractivity contribution in [1.29, 1.82) is 0 Å². The van der Waals surface area contributed by atoms with Gasteiger partial charge in [0.25, 0.3) is 0 Å². The highest BCUT2D eigenvalue weighted by Crippen LogP contribution is 2.26. The molecule has 0 saturated heterocycles. The van der Waals surface area contributed by atoms with Gasteiger partial charge in [-0.3, -0.25) is 0 Å². The number of aromatic nitrogens is 1. The third-order valence-corrected chi connectivity index (χ3v) is 2.72. The summed E-state index contributed by atoms with van der Waals surface area (Å²) >= 11 is 0. The summed E-state index contributed by atoms with van der Waals surface area (Å²) in [5.74, 6) is -0.506. The normalized spacial score (nSPS) is 12.8. The van der Waals surface area contributed by atoms with E-state index in [4.69, 9.17) is 4.52 Å². The number of methoxy groups -OCH3 is 1. The van der Waals surface area contributed by atoms with Crippen molar-refractivity contribution in [2.45, 2.75) is 13.8 Å². The maximum atomic E-state index is 11.5. The summed E-state index contributed by atoms with van der Waals surface area (Å²) in [6.45, 7) is 3.32. The molecule has 1 heterocycles. The minimum atomic E-state index is -0.669. The molecule has 2 rings (SSSR count). The van der Waals surface area contributed by atoms with Gasteiger partial charge in [0.15, 0.2) is 5.58 Å². The Morgan fingerprint density at radius 1 is 1.50 bits per heavy atom. The van der Waals surface area contributed by atoms with Crippen LogP contribution in [0.5, 0.6) is 0 Å². The number of aliphatic imine (C=N–C) groups is 1. The lowest BCUT2D eigenvalue weighted by Crippen LogP contribution is -2.08. The standard InChI is InChI=1S/C14H14N2O4/c1-8-4-5-12-10(6-8)13(16-20-12)15-7-11(9(2)17)14(18)19-3/h4-7,17H,1-3H3/b11-9-,15-7?. The Labute approximate surface area is 115 Å². The van der Waals surface area contributed by atoms with Gasteiger partial charge in [-0.25, -0.2) is 9.79 Å². The summed E-state index contributed by atoms with van der Waals surface area (Å²) in [5, 5.41) is 14.0. The molecule has 1 aromatic heterocycles. The van der Waals surface area contributed by atoms with Crippen LogP contribution in [0.3, 0.4) is 0 Å². The third-order valence-electron chi connectivity index (χ3n) is 2.72. The molecule has 0 unspecified atom stereocenters. The molecule has 6 heteroatoms. The molecule has 0 saturated carbocycles. The Bertz CT molecular complexity index is 709. The molecule has 2 aromatic rings. The molecule has 1 N–H and O–H groups in total. The van der Waals surface area contributed by atoms with Crippen LogP contribution in [-0.4, -0.2) is 29.6 Å². The van der Waals surface area contributed by atoms with Gasteiger partial charge >= 0.3 is 5.97 Å². The summed E-state index contributed by atoms with van der Waals surface area (Å²) in [6, 6.07) is 5.58. The van der Waals surface area contributed by atoms with Gasteiger partial charge in [-0.2, -0.15) is 0 Å². The number of benzene rings is 1. The molecule has 0 radical (unpaired) electrons. The molecule has 1 aromatic carbocycles. The predicted molar refractivity (Wildman–Crippen MR) is 74.2 cm³/mol. The summed E-state index contributed by atoms with van der Waals surface area (Å²) in [7, 11) is 1.23. The van der Waals surface area contributed by atoms with Gasteiger partial charge in [0.1, 0.15) is 11.3 Å². The number of hydrogen-bond donors (Lipinski definition) is 1. The lowest BCUT2D eigenvalue weighted by molar-refractivity contribution is -0.135. The van der Waals surface area contributed by atoms with Crippen molar-refractivity contribution in [2.75, 3.05) is 7.11 Å². The van der Waals surface area contributed by atoms with Crippen LogP contribution >= 0.6 is 0 Å². The van der Waals surface area contributed by atoms with Crippen LogP contribution in [0.15, 0.2) is 39.0 Å². The first kappa shape index (κ1) is 13.8. The van der Waals surface area contributed by atoms with Gasteiger partial charge in [0, 0.05) is 6.21 Å². The predicted octanol–water partition coefficient (Wildman–Crippen LogP) is 2.84. The Hall–Kier alpha value is -2.63.